The summed E-state index contributed by atoms with van der Waals surface area (Å²) < 4.78 is 0. The number of hydrogen-bond acceptors (Lipinski definition) is 4. The predicted molar refractivity (Wildman–Crippen MR) is 104 cm³/mol. The van der Waals surface area contributed by atoms with E-state index >= 15 is 0 Å². The molecule has 128 valence electrons. The number of carbonyl (C=O) groups excluding carboxylic acids is 1. The van der Waals surface area contributed by atoms with Crippen LogP contribution in [0, 0.1) is 13.8 Å². The minimum atomic E-state index is -0.249. The first-order valence-electron chi connectivity index (χ1n) is 8.12. The quantitative estimate of drug-likeness (QED) is 0.561. The van der Waals surface area contributed by atoms with E-state index in [-0.39, 0.29) is 5.91 Å². The molecule has 0 spiro atoms. The number of rotatable bonds is 2. The highest BCUT2D eigenvalue weighted by Gasteiger charge is 2.12. The van der Waals surface area contributed by atoms with E-state index in [4.69, 9.17) is 11.6 Å². The number of pyridine rings is 1. The van der Waals surface area contributed by atoms with Crippen molar-refractivity contribution >= 4 is 45.1 Å². The van der Waals surface area contributed by atoms with Crippen LogP contribution in [0.3, 0.4) is 0 Å². The highest BCUT2D eigenvalue weighted by molar-refractivity contribution is 6.32. The number of anilines is 1. The van der Waals surface area contributed by atoms with Gasteiger partial charge in [-0.1, -0.05) is 17.7 Å². The lowest BCUT2D eigenvalue weighted by Gasteiger charge is -2.10. The van der Waals surface area contributed by atoms with Gasteiger partial charge < -0.3 is 5.32 Å². The van der Waals surface area contributed by atoms with Crippen molar-refractivity contribution in [2.75, 3.05) is 5.32 Å². The molecule has 0 fully saturated rings. The molecule has 0 aliphatic rings. The molecule has 2 aromatic carbocycles. The van der Waals surface area contributed by atoms with Gasteiger partial charge in [-0.25, -0.2) is 9.97 Å². The minimum absolute atomic E-state index is 0.249. The third kappa shape index (κ3) is 2.97. The zero-order chi connectivity index (χ0) is 18.3. The lowest BCUT2D eigenvalue weighted by Crippen LogP contribution is -2.12. The van der Waals surface area contributed by atoms with E-state index in [2.05, 4.69) is 20.3 Å². The molecule has 1 N–H and O–H groups in total. The average molecular weight is 363 g/mol. The van der Waals surface area contributed by atoms with Gasteiger partial charge in [0.1, 0.15) is 0 Å². The van der Waals surface area contributed by atoms with Gasteiger partial charge in [0, 0.05) is 22.2 Å². The molecule has 0 bridgehead atoms. The summed E-state index contributed by atoms with van der Waals surface area (Å²) in [5.41, 5.74) is 4.95. The first kappa shape index (κ1) is 16.4. The second-order valence-electron chi connectivity index (χ2n) is 6.08. The number of amides is 1. The number of aromatic nitrogens is 3. The maximum Gasteiger partial charge on any atom is 0.255 e. The van der Waals surface area contributed by atoms with Crippen LogP contribution in [0.2, 0.25) is 5.02 Å². The minimum Gasteiger partial charge on any atom is -0.320 e. The molecule has 2 heterocycles. The van der Waals surface area contributed by atoms with Crippen LogP contribution in [-0.4, -0.2) is 20.9 Å². The number of fused-ring (bicyclic) bond motifs is 2. The largest absolute Gasteiger partial charge is 0.320 e. The van der Waals surface area contributed by atoms with Crippen LogP contribution in [0.15, 0.2) is 48.7 Å². The fourth-order valence-corrected chi connectivity index (χ4v) is 3.04. The van der Waals surface area contributed by atoms with Crippen LogP contribution in [0.1, 0.15) is 21.7 Å². The molecule has 0 saturated carbocycles. The van der Waals surface area contributed by atoms with Crippen molar-refractivity contribution in [2.45, 2.75) is 13.8 Å². The van der Waals surface area contributed by atoms with E-state index in [1.54, 1.807) is 30.5 Å². The molecule has 0 aliphatic carbocycles. The molecule has 2 aromatic heterocycles. The molecule has 4 aromatic rings. The van der Waals surface area contributed by atoms with E-state index in [0.29, 0.717) is 27.3 Å². The Morgan fingerprint density at radius 3 is 2.58 bits per heavy atom. The summed E-state index contributed by atoms with van der Waals surface area (Å²) in [6.07, 6.45) is 1.68. The Bertz CT molecular complexity index is 1170. The molecule has 26 heavy (non-hydrogen) atoms. The van der Waals surface area contributed by atoms with Gasteiger partial charge in [-0.2, -0.15) is 0 Å². The predicted octanol–water partition coefficient (Wildman–Crippen LogP) is 4.70. The molecule has 0 radical (unpaired) electrons. The molecule has 0 unspecified atom stereocenters. The molecule has 6 heteroatoms. The van der Waals surface area contributed by atoms with Crippen molar-refractivity contribution in [1.29, 1.82) is 0 Å². The molecule has 0 saturated heterocycles. The lowest BCUT2D eigenvalue weighted by atomic mass is 10.1. The SMILES string of the molecule is Cc1nc2ccc(C(=O)Nc3cc(Cl)cc4cccnc34)cc2nc1C. The second-order valence-corrected chi connectivity index (χ2v) is 6.52. The first-order chi connectivity index (χ1) is 12.5. The van der Waals surface area contributed by atoms with Crippen molar-refractivity contribution in [1.82, 2.24) is 15.0 Å². The Balaban J connectivity index is 1.73. The van der Waals surface area contributed by atoms with Gasteiger partial charge in [-0.15, -0.1) is 0 Å². The summed E-state index contributed by atoms with van der Waals surface area (Å²) in [6, 6.07) is 12.5. The van der Waals surface area contributed by atoms with Gasteiger partial charge in [0.25, 0.3) is 5.91 Å². The molecule has 4 rings (SSSR count). The number of aryl methyl sites for hydroxylation is 2. The number of hydrogen-bond donors (Lipinski definition) is 1. The van der Waals surface area contributed by atoms with Gasteiger partial charge in [0.05, 0.1) is 33.6 Å². The van der Waals surface area contributed by atoms with Crippen molar-refractivity contribution in [2.24, 2.45) is 0 Å². The number of nitrogens with zero attached hydrogens (tertiary/aromatic N) is 3. The summed E-state index contributed by atoms with van der Waals surface area (Å²) >= 11 is 6.17. The van der Waals surface area contributed by atoms with E-state index in [9.17, 15) is 4.79 Å². The van der Waals surface area contributed by atoms with E-state index in [1.165, 1.54) is 0 Å². The molecule has 0 atom stereocenters. The number of benzene rings is 2. The number of carbonyl (C=O) groups is 1. The first-order valence-corrected chi connectivity index (χ1v) is 8.50. The summed E-state index contributed by atoms with van der Waals surface area (Å²) in [5, 5.41) is 4.30. The Hall–Kier alpha value is -3.05. The topological polar surface area (TPSA) is 67.8 Å². The standard InChI is InChI=1S/C20H15ClN4O/c1-11-12(2)24-17-9-14(5-6-16(17)23-11)20(26)25-18-10-15(21)8-13-4-3-7-22-19(13)18/h3-10H,1-2H3,(H,25,26). The smallest absolute Gasteiger partial charge is 0.255 e. The Morgan fingerprint density at radius 2 is 1.77 bits per heavy atom. The average Bonchev–Trinajstić information content (AvgIpc) is 2.62. The summed E-state index contributed by atoms with van der Waals surface area (Å²) in [5.74, 6) is -0.249. The highest BCUT2D eigenvalue weighted by atomic mass is 35.5. The van der Waals surface area contributed by atoms with E-state index < -0.39 is 0 Å². The van der Waals surface area contributed by atoms with Crippen LogP contribution in [0.25, 0.3) is 21.9 Å². The van der Waals surface area contributed by atoms with Crippen molar-refractivity contribution < 1.29 is 4.79 Å². The van der Waals surface area contributed by atoms with Crippen LogP contribution in [-0.2, 0) is 0 Å². The number of nitrogens with one attached hydrogen (secondary N) is 1. The number of halogens is 1. The molecule has 0 aliphatic heterocycles. The van der Waals surface area contributed by atoms with Gasteiger partial charge in [0.2, 0.25) is 0 Å². The summed E-state index contributed by atoms with van der Waals surface area (Å²) in [7, 11) is 0. The van der Waals surface area contributed by atoms with Gasteiger partial charge in [0.15, 0.2) is 0 Å². The maximum atomic E-state index is 12.7. The third-order valence-corrected chi connectivity index (χ3v) is 4.47. The summed E-state index contributed by atoms with van der Waals surface area (Å²) in [6.45, 7) is 3.82. The maximum absolute atomic E-state index is 12.7. The second kappa shape index (κ2) is 6.35. The fourth-order valence-electron chi connectivity index (χ4n) is 2.82. The normalized spacial score (nSPS) is 11.0. The summed E-state index contributed by atoms with van der Waals surface area (Å²) in [4.78, 5) is 26.1. The lowest BCUT2D eigenvalue weighted by molar-refractivity contribution is 0.102. The van der Waals surface area contributed by atoms with E-state index in [1.807, 2.05) is 32.0 Å². The van der Waals surface area contributed by atoms with Gasteiger partial charge in [-0.05, 0) is 50.2 Å². The van der Waals surface area contributed by atoms with Crippen LogP contribution in [0.5, 0.6) is 0 Å². The Kier molecular flexibility index (Phi) is 4.01. The van der Waals surface area contributed by atoms with Gasteiger partial charge in [-0.3, -0.25) is 9.78 Å². The van der Waals surface area contributed by atoms with Gasteiger partial charge >= 0.3 is 0 Å². The molecule has 5 nitrogen and oxygen atoms in total. The van der Waals surface area contributed by atoms with Crippen LogP contribution < -0.4 is 5.32 Å². The van der Waals surface area contributed by atoms with Crippen molar-refractivity contribution in [3.05, 3.63) is 70.6 Å². The van der Waals surface area contributed by atoms with Crippen molar-refractivity contribution in [3.63, 3.8) is 0 Å². The zero-order valence-electron chi connectivity index (χ0n) is 14.2. The Morgan fingerprint density at radius 1 is 1.00 bits per heavy atom. The zero-order valence-corrected chi connectivity index (χ0v) is 15.0. The van der Waals surface area contributed by atoms with Crippen LogP contribution >= 0.6 is 11.6 Å². The van der Waals surface area contributed by atoms with Crippen molar-refractivity contribution in [3.8, 4) is 0 Å². The molecular weight excluding hydrogens is 348 g/mol. The fraction of sp³-hybridized carbons (Fsp3) is 0.100. The third-order valence-electron chi connectivity index (χ3n) is 4.26. The van der Waals surface area contributed by atoms with E-state index in [0.717, 1.165) is 22.3 Å². The Labute approximate surface area is 155 Å². The monoisotopic (exact) mass is 362 g/mol. The molecular formula is C20H15ClN4O. The van der Waals surface area contributed by atoms with Crippen LogP contribution in [0.4, 0.5) is 5.69 Å². The molecule has 1 amide bonds. The highest BCUT2D eigenvalue weighted by Crippen LogP contribution is 2.27.